The molecule has 1 saturated heterocycles. The van der Waals surface area contributed by atoms with E-state index in [-0.39, 0.29) is 35.4 Å². The highest BCUT2D eigenvalue weighted by Gasteiger charge is 2.50. The molecule has 0 unspecified atom stereocenters. The number of hydrazone groups is 1. The Morgan fingerprint density at radius 2 is 1.76 bits per heavy atom. The molecule has 3 rings (SSSR count). The van der Waals surface area contributed by atoms with Crippen molar-refractivity contribution in [3.05, 3.63) is 0 Å². The SMILES string of the molecule is CCC1(N2C(C(N)=O)=NNN2C2CCN(C(=O)OC(C)(C)C)CC2)CCC(C(=O)OC)CC1. The maximum atomic E-state index is 12.4. The Morgan fingerprint density at radius 3 is 2.24 bits per heavy atom. The molecule has 0 aromatic heterocycles. The average molecular weight is 467 g/mol. The number of rotatable bonds is 5. The average Bonchev–Trinajstić information content (AvgIpc) is 3.24. The maximum Gasteiger partial charge on any atom is 0.410 e. The van der Waals surface area contributed by atoms with Crippen molar-refractivity contribution in [1.82, 2.24) is 20.6 Å². The highest BCUT2D eigenvalue weighted by Crippen LogP contribution is 2.42. The van der Waals surface area contributed by atoms with E-state index in [0.717, 1.165) is 6.42 Å². The third kappa shape index (κ3) is 5.34. The Labute approximate surface area is 195 Å². The van der Waals surface area contributed by atoms with Crippen LogP contribution in [0.1, 0.15) is 72.6 Å². The first kappa shape index (κ1) is 25.1. The first-order valence-electron chi connectivity index (χ1n) is 11.8. The van der Waals surface area contributed by atoms with Crippen LogP contribution in [-0.4, -0.2) is 76.2 Å². The van der Waals surface area contributed by atoms with Gasteiger partial charge in [-0.3, -0.25) is 14.6 Å². The number of likely N-dealkylation sites (tertiary alicyclic amines) is 1. The molecular weight excluding hydrogens is 428 g/mol. The number of amidine groups is 1. The van der Waals surface area contributed by atoms with Crippen LogP contribution in [0.4, 0.5) is 4.79 Å². The number of hydrazine groups is 2. The summed E-state index contributed by atoms with van der Waals surface area (Å²) in [5.74, 6) is -0.735. The molecule has 0 radical (unpaired) electrons. The zero-order valence-electron chi connectivity index (χ0n) is 20.4. The zero-order chi connectivity index (χ0) is 24.4. The van der Waals surface area contributed by atoms with Crippen molar-refractivity contribution in [3.8, 4) is 0 Å². The fourth-order valence-corrected chi connectivity index (χ4v) is 5.04. The number of nitrogens with two attached hydrogens (primary N) is 1. The van der Waals surface area contributed by atoms with Gasteiger partial charge in [-0.1, -0.05) is 6.92 Å². The standard InChI is InChI=1S/C22H38N6O5/c1-6-22(11-7-15(8-12-22)19(30)32-5)27-18(17(23)29)24-25-28(27)16-9-13-26(14-10-16)20(31)33-21(2,3)4/h15-16,25H,6-14H2,1-5H3,(H2,23,29). The third-order valence-electron chi connectivity index (χ3n) is 6.92. The topological polar surface area (TPSA) is 130 Å². The summed E-state index contributed by atoms with van der Waals surface area (Å²) in [7, 11) is 1.41. The number of hydrogen-bond acceptors (Lipinski definition) is 9. The van der Waals surface area contributed by atoms with Gasteiger partial charge in [-0.15, -0.1) is 10.2 Å². The van der Waals surface area contributed by atoms with E-state index in [4.69, 9.17) is 15.2 Å². The van der Waals surface area contributed by atoms with Gasteiger partial charge in [0, 0.05) is 13.1 Å². The number of ether oxygens (including phenoxy) is 2. The minimum atomic E-state index is -0.598. The molecule has 2 aliphatic heterocycles. The number of esters is 1. The van der Waals surface area contributed by atoms with Crippen LogP contribution in [0.2, 0.25) is 0 Å². The number of piperidine rings is 1. The predicted molar refractivity (Wildman–Crippen MR) is 121 cm³/mol. The fraction of sp³-hybridized carbons (Fsp3) is 0.818. The van der Waals surface area contributed by atoms with E-state index < -0.39 is 11.5 Å². The van der Waals surface area contributed by atoms with Crippen LogP contribution in [0.25, 0.3) is 0 Å². The van der Waals surface area contributed by atoms with Gasteiger partial charge < -0.3 is 20.1 Å². The summed E-state index contributed by atoms with van der Waals surface area (Å²) in [5, 5.41) is 8.10. The van der Waals surface area contributed by atoms with Crippen LogP contribution in [0, 0.1) is 5.92 Å². The van der Waals surface area contributed by atoms with Crippen molar-refractivity contribution < 1.29 is 23.9 Å². The summed E-state index contributed by atoms with van der Waals surface area (Å²) in [4.78, 5) is 38.5. The van der Waals surface area contributed by atoms with E-state index in [9.17, 15) is 14.4 Å². The van der Waals surface area contributed by atoms with Crippen LogP contribution in [0.3, 0.4) is 0 Å². The predicted octanol–water partition coefficient (Wildman–Crippen LogP) is 1.73. The molecule has 2 fully saturated rings. The maximum absolute atomic E-state index is 12.4. The van der Waals surface area contributed by atoms with Gasteiger partial charge in [0.05, 0.1) is 24.6 Å². The molecular formula is C22H38N6O5. The van der Waals surface area contributed by atoms with Crippen molar-refractivity contribution in [2.45, 2.75) is 89.8 Å². The van der Waals surface area contributed by atoms with E-state index in [1.54, 1.807) is 4.90 Å². The first-order chi connectivity index (χ1) is 15.5. The second-order valence-corrected chi connectivity index (χ2v) is 10.1. The third-order valence-corrected chi connectivity index (χ3v) is 6.92. The molecule has 11 heteroatoms. The molecule has 0 bridgehead atoms. The summed E-state index contributed by atoms with van der Waals surface area (Å²) in [6, 6.07) is 0.0195. The number of nitrogens with one attached hydrogen (secondary N) is 1. The molecule has 0 atom stereocenters. The molecule has 2 heterocycles. The van der Waals surface area contributed by atoms with E-state index in [1.165, 1.54) is 7.11 Å². The minimum absolute atomic E-state index is 0.0195. The monoisotopic (exact) mass is 466 g/mol. The lowest BCUT2D eigenvalue weighted by atomic mass is 9.74. The molecule has 0 aromatic rings. The summed E-state index contributed by atoms with van der Waals surface area (Å²) in [6.07, 6.45) is 4.61. The summed E-state index contributed by atoms with van der Waals surface area (Å²) >= 11 is 0. The van der Waals surface area contributed by atoms with Crippen molar-refractivity contribution in [3.63, 3.8) is 0 Å². The summed E-state index contributed by atoms with van der Waals surface area (Å²) < 4.78 is 10.4. The van der Waals surface area contributed by atoms with Crippen LogP contribution in [-0.2, 0) is 19.1 Å². The quantitative estimate of drug-likeness (QED) is 0.586. The van der Waals surface area contributed by atoms with Crippen molar-refractivity contribution in [2.24, 2.45) is 16.8 Å². The molecule has 3 N–H and O–H groups in total. The number of carbonyl (C=O) groups excluding carboxylic acids is 3. The minimum Gasteiger partial charge on any atom is -0.469 e. The van der Waals surface area contributed by atoms with E-state index in [2.05, 4.69) is 17.6 Å². The number of primary amides is 1. The number of nitrogens with zero attached hydrogens (tertiary/aromatic N) is 4. The largest absolute Gasteiger partial charge is 0.469 e. The second-order valence-electron chi connectivity index (χ2n) is 10.1. The molecule has 2 amide bonds. The van der Waals surface area contributed by atoms with Gasteiger partial charge in [0.25, 0.3) is 5.91 Å². The van der Waals surface area contributed by atoms with Gasteiger partial charge in [0.1, 0.15) is 5.60 Å². The Morgan fingerprint density at radius 1 is 1.15 bits per heavy atom. The van der Waals surface area contributed by atoms with Crippen molar-refractivity contribution in [1.29, 1.82) is 0 Å². The smallest absolute Gasteiger partial charge is 0.410 e. The second kappa shape index (κ2) is 9.74. The van der Waals surface area contributed by atoms with E-state index in [0.29, 0.717) is 51.6 Å². The number of hydrogen-bond donors (Lipinski definition) is 2. The van der Waals surface area contributed by atoms with Crippen LogP contribution in [0.15, 0.2) is 5.10 Å². The molecule has 1 saturated carbocycles. The number of amides is 2. The van der Waals surface area contributed by atoms with Gasteiger partial charge in [-0.2, -0.15) is 0 Å². The number of methoxy groups -OCH3 is 1. The molecule has 11 nitrogen and oxygen atoms in total. The van der Waals surface area contributed by atoms with Gasteiger partial charge >= 0.3 is 12.1 Å². The molecule has 33 heavy (non-hydrogen) atoms. The summed E-state index contributed by atoms with van der Waals surface area (Å²) in [6.45, 7) is 8.73. The lowest BCUT2D eigenvalue weighted by Crippen LogP contribution is -2.65. The Kier molecular flexibility index (Phi) is 7.40. The van der Waals surface area contributed by atoms with Crippen LogP contribution < -0.4 is 11.3 Å². The molecule has 0 spiro atoms. The van der Waals surface area contributed by atoms with Crippen molar-refractivity contribution >= 4 is 23.8 Å². The highest BCUT2D eigenvalue weighted by molar-refractivity contribution is 6.37. The van der Waals surface area contributed by atoms with Gasteiger partial charge in [-0.25, -0.2) is 10.3 Å². The highest BCUT2D eigenvalue weighted by atomic mass is 16.6. The lowest BCUT2D eigenvalue weighted by molar-refractivity contribution is -0.152. The van der Waals surface area contributed by atoms with Gasteiger partial charge in [0.15, 0.2) is 0 Å². The normalized spacial score (nSPS) is 27.1. The van der Waals surface area contributed by atoms with Crippen LogP contribution in [0.5, 0.6) is 0 Å². The zero-order valence-corrected chi connectivity index (χ0v) is 20.4. The summed E-state index contributed by atoms with van der Waals surface area (Å²) in [5.41, 5.74) is 7.78. The lowest BCUT2D eigenvalue weighted by Gasteiger charge is -2.51. The Hall–Kier alpha value is -2.56. The van der Waals surface area contributed by atoms with E-state index >= 15 is 0 Å². The van der Waals surface area contributed by atoms with Crippen LogP contribution >= 0.6 is 0 Å². The molecule has 0 aromatic carbocycles. The fourth-order valence-electron chi connectivity index (χ4n) is 5.04. The Balaban J connectivity index is 1.73. The number of carbonyl (C=O) groups is 3. The first-order valence-corrected chi connectivity index (χ1v) is 11.8. The Bertz CT molecular complexity index is 779. The van der Waals surface area contributed by atoms with Gasteiger partial charge in [0.2, 0.25) is 5.84 Å². The van der Waals surface area contributed by atoms with Gasteiger partial charge in [-0.05, 0) is 65.7 Å². The molecule has 3 aliphatic rings. The van der Waals surface area contributed by atoms with Crippen molar-refractivity contribution in [2.75, 3.05) is 20.2 Å². The molecule has 186 valence electrons. The molecule has 1 aliphatic carbocycles. The van der Waals surface area contributed by atoms with E-state index in [1.807, 2.05) is 30.9 Å².